The number of nitrogens with two attached hydrogens (primary N) is 1. The molecule has 3 nitrogen and oxygen atoms in total. The summed E-state index contributed by atoms with van der Waals surface area (Å²) in [6.07, 6.45) is 0.342. The molecule has 0 aliphatic rings. The predicted molar refractivity (Wildman–Crippen MR) is 61.7 cm³/mol. The second-order valence-corrected chi connectivity index (χ2v) is 3.82. The Labute approximate surface area is 94.6 Å². The molecule has 0 fully saturated rings. The first-order valence-corrected chi connectivity index (χ1v) is 5.25. The molecule has 1 atom stereocenters. The topological polar surface area (TPSA) is 55.1 Å². The van der Waals surface area contributed by atoms with Crippen molar-refractivity contribution in [2.45, 2.75) is 19.4 Å². The third kappa shape index (κ3) is 3.90. The van der Waals surface area contributed by atoms with Gasteiger partial charge in [0.1, 0.15) is 0 Å². The van der Waals surface area contributed by atoms with E-state index in [0.717, 1.165) is 10.6 Å². The zero-order chi connectivity index (χ0) is 11.3. The molecule has 0 saturated heterocycles. The van der Waals surface area contributed by atoms with E-state index in [1.54, 1.807) is 0 Å². The molecular formula is C11H15ClN2O. The van der Waals surface area contributed by atoms with Gasteiger partial charge in [-0.1, -0.05) is 29.8 Å². The maximum Gasteiger partial charge on any atom is 0.218 e. The van der Waals surface area contributed by atoms with Crippen molar-refractivity contribution in [1.82, 2.24) is 5.32 Å². The van der Waals surface area contributed by atoms with Crippen LogP contribution >= 0.6 is 11.6 Å². The van der Waals surface area contributed by atoms with E-state index < -0.39 is 0 Å². The maximum atomic E-state index is 10.5. The Balaban J connectivity index is 2.50. The van der Waals surface area contributed by atoms with Crippen LogP contribution in [0.4, 0.5) is 0 Å². The average molecular weight is 227 g/mol. The first kappa shape index (κ1) is 12.0. The Morgan fingerprint density at radius 2 is 2.20 bits per heavy atom. The molecule has 1 amide bonds. The number of benzene rings is 1. The summed E-state index contributed by atoms with van der Waals surface area (Å²) in [7, 11) is 0. The van der Waals surface area contributed by atoms with Crippen molar-refractivity contribution in [2.75, 3.05) is 6.54 Å². The summed E-state index contributed by atoms with van der Waals surface area (Å²) in [6, 6.07) is 7.76. The van der Waals surface area contributed by atoms with Crippen molar-refractivity contribution in [2.24, 2.45) is 5.73 Å². The van der Waals surface area contributed by atoms with Crippen molar-refractivity contribution in [3.8, 4) is 0 Å². The van der Waals surface area contributed by atoms with E-state index in [-0.39, 0.29) is 11.9 Å². The highest BCUT2D eigenvalue weighted by atomic mass is 35.5. The van der Waals surface area contributed by atoms with E-state index in [4.69, 9.17) is 17.3 Å². The fraction of sp³-hybridized carbons (Fsp3) is 0.364. The van der Waals surface area contributed by atoms with Crippen LogP contribution in [-0.2, 0) is 4.79 Å². The molecular weight excluding hydrogens is 212 g/mol. The summed E-state index contributed by atoms with van der Waals surface area (Å²) >= 11 is 6.03. The van der Waals surface area contributed by atoms with Gasteiger partial charge in [-0.05, 0) is 18.6 Å². The van der Waals surface area contributed by atoms with Crippen LogP contribution in [0.3, 0.4) is 0 Å². The van der Waals surface area contributed by atoms with E-state index in [1.165, 1.54) is 0 Å². The molecule has 3 N–H and O–H groups in total. The van der Waals surface area contributed by atoms with Gasteiger partial charge in [0.15, 0.2) is 0 Å². The molecule has 15 heavy (non-hydrogen) atoms. The second kappa shape index (κ2) is 5.73. The Morgan fingerprint density at radius 1 is 1.53 bits per heavy atom. The van der Waals surface area contributed by atoms with Crippen molar-refractivity contribution < 1.29 is 4.79 Å². The quantitative estimate of drug-likeness (QED) is 0.806. The Hall–Kier alpha value is -1.06. The lowest BCUT2D eigenvalue weighted by Gasteiger charge is -2.14. The number of halogens is 1. The summed E-state index contributed by atoms with van der Waals surface area (Å²) in [5.74, 6) is -0.297. The molecule has 0 radical (unpaired) electrons. The Bertz CT molecular complexity index is 341. The van der Waals surface area contributed by atoms with Crippen LogP contribution in [0, 0.1) is 0 Å². The minimum atomic E-state index is -0.297. The monoisotopic (exact) mass is 226 g/mol. The molecule has 0 heterocycles. The number of carbonyl (C=O) groups is 1. The lowest BCUT2D eigenvalue weighted by molar-refractivity contribution is -0.117. The lowest BCUT2D eigenvalue weighted by Crippen LogP contribution is -2.24. The molecule has 1 rings (SSSR count). The number of carbonyl (C=O) groups excluding carboxylic acids is 1. The predicted octanol–water partition coefficient (Wildman–Crippen LogP) is 1.87. The fourth-order valence-electron chi connectivity index (χ4n) is 1.35. The zero-order valence-corrected chi connectivity index (χ0v) is 9.42. The highest BCUT2D eigenvalue weighted by molar-refractivity contribution is 6.31. The Morgan fingerprint density at radius 3 is 2.80 bits per heavy atom. The number of nitrogens with one attached hydrogen (secondary N) is 1. The summed E-state index contributed by atoms with van der Waals surface area (Å²) in [4.78, 5) is 10.5. The van der Waals surface area contributed by atoms with Crippen LogP contribution in [0.15, 0.2) is 24.3 Å². The summed E-state index contributed by atoms with van der Waals surface area (Å²) in [5, 5.41) is 3.92. The van der Waals surface area contributed by atoms with E-state index in [9.17, 15) is 4.79 Å². The number of primary amides is 1. The van der Waals surface area contributed by atoms with Crippen LogP contribution in [-0.4, -0.2) is 12.5 Å². The standard InChI is InChI=1S/C11H15ClN2O/c1-8(14-7-6-11(13)15)9-4-2-3-5-10(9)12/h2-5,8,14H,6-7H2,1H3,(H2,13,15)/t8-/m1/s1. The van der Waals surface area contributed by atoms with Gasteiger partial charge in [0.2, 0.25) is 5.91 Å². The van der Waals surface area contributed by atoms with Crippen LogP contribution in [0.1, 0.15) is 24.9 Å². The van der Waals surface area contributed by atoms with Crippen LogP contribution in [0.5, 0.6) is 0 Å². The lowest BCUT2D eigenvalue weighted by atomic mass is 10.1. The zero-order valence-electron chi connectivity index (χ0n) is 8.66. The minimum Gasteiger partial charge on any atom is -0.370 e. The maximum absolute atomic E-state index is 10.5. The molecule has 0 aromatic heterocycles. The molecule has 82 valence electrons. The van der Waals surface area contributed by atoms with Gasteiger partial charge in [0.05, 0.1) is 0 Å². The summed E-state index contributed by atoms with van der Waals surface area (Å²) < 4.78 is 0. The van der Waals surface area contributed by atoms with Gasteiger partial charge in [-0.3, -0.25) is 4.79 Å². The summed E-state index contributed by atoms with van der Waals surface area (Å²) in [6.45, 7) is 2.57. The van der Waals surface area contributed by atoms with E-state index in [1.807, 2.05) is 31.2 Å². The van der Waals surface area contributed by atoms with Crippen LogP contribution < -0.4 is 11.1 Å². The fourth-order valence-corrected chi connectivity index (χ4v) is 1.65. The second-order valence-electron chi connectivity index (χ2n) is 3.41. The molecule has 0 unspecified atom stereocenters. The number of rotatable bonds is 5. The third-order valence-electron chi connectivity index (χ3n) is 2.19. The van der Waals surface area contributed by atoms with Crippen molar-refractivity contribution in [3.63, 3.8) is 0 Å². The number of hydrogen-bond acceptors (Lipinski definition) is 2. The minimum absolute atomic E-state index is 0.123. The molecule has 1 aromatic rings. The van der Waals surface area contributed by atoms with Gasteiger partial charge in [0, 0.05) is 24.0 Å². The molecule has 0 saturated carbocycles. The first-order chi connectivity index (χ1) is 7.11. The summed E-state index contributed by atoms with van der Waals surface area (Å²) in [5.41, 5.74) is 6.07. The third-order valence-corrected chi connectivity index (χ3v) is 2.54. The van der Waals surface area contributed by atoms with Crippen LogP contribution in [0.25, 0.3) is 0 Å². The van der Waals surface area contributed by atoms with Crippen molar-refractivity contribution >= 4 is 17.5 Å². The molecule has 0 bridgehead atoms. The van der Waals surface area contributed by atoms with Gasteiger partial charge in [-0.25, -0.2) is 0 Å². The first-order valence-electron chi connectivity index (χ1n) is 4.87. The molecule has 0 aliphatic heterocycles. The highest BCUT2D eigenvalue weighted by Crippen LogP contribution is 2.21. The molecule has 1 aromatic carbocycles. The normalized spacial score (nSPS) is 12.4. The average Bonchev–Trinajstić information content (AvgIpc) is 2.17. The van der Waals surface area contributed by atoms with Crippen molar-refractivity contribution in [3.05, 3.63) is 34.9 Å². The van der Waals surface area contributed by atoms with Gasteiger partial charge >= 0.3 is 0 Å². The van der Waals surface area contributed by atoms with Gasteiger partial charge in [0.25, 0.3) is 0 Å². The largest absolute Gasteiger partial charge is 0.370 e. The SMILES string of the molecule is C[C@@H](NCCC(N)=O)c1ccccc1Cl. The Kier molecular flexibility index (Phi) is 4.59. The molecule has 0 spiro atoms. The molecule has 0 aliphatic carbocycles. The van der Waals surface area contributed by atoms with E-state index in [2.05, 4.69) is 5.32 Å². The van der Waals surface area contributed by atoms with Gasteiger partial charge < -0.3 is 11.1 Å². The molecule has 4 heteroatoms. The smallest absolute Gasteiger partial charge is 0.218 e. The highest BCUT2D eigenvalue weighted by Gasteiger charge is 2.07. The van der Waals surface area contributed by atoms with E-state index in [0.29, 0.717) is 13.0 Å². The number of hydrogen-bond donors (Lipinski definition) is 2. The number of amides is 1. The van der Waals surface area contributed by atoms with Crippen LogP contribution in [0.2, 0.25) is 5.02 Å². The van der Waals surface area contributed by atoms with Gasteiger partial charge in [-0.2, -0.15) is 0 Å². The van der Waals surface area contributed by atoms with E-state index >= 15 is 0 Å². The van der Waals surface area contributed by atoms with Gasteiger partial charge in [-0.15, -0.1) is 0 Å². The van der Waals surface area contributed by atoms with Crippen molar-refractivity contribution in [1.29, 1.82) is 0 Å².